The van der Waals surface area contributed by atoms with E-state index < -0.39 is 0 Å². The van der Waals surface area contributed by atoms with Gasteiger partial charge in [-0.3, -0.25) is 9.78 Å². The van der Waals surface area contributed by atoms with Crippen molar-refractivity contribution in [3.05, 3.63) is 47.4 Å². The number of ether oxygens (including phenoxy) is 2. The second kappa shape index (κ2) is 7.59. The average Bonchev–Trinajstić information content (AvgIpc) is 3.07. The molecule has 0 saturated carbocycles. The summed E-state index contributed by atoms with van der Waals surface area (Å²) in [4.78, 5) is 22.6. The first kappa shape index (κ1) is 16.7. The van der Waals surface area contributed by atoms with Gasteiger partial charge in [0, 0.05) is 18.7 Å². The van der Waals surface area contributed by atoms with E-state index in [1.165, 1.54) is 7.11 Å². The molecule has 1 saturated heterocycles. The molecule has 1 unspecified atom stereocenters. The predicted molar refractivity (Wildman–Crippen MR) is 89.1 cm³/mol. The van der Waals surface area contributed by atoms with Crippen LogP contribution in [-0.2, 0) is 9.53 Å². The lowest BCUT2D eigenvalue weighted by Gasteiger charge is -2.24. The van der Waals surface area contributed by atoms with Crippen molar-refractivity contribution in [2.45, 2.75) is 18.9 Å². The van der Waals surface area contributed by atoms with Crippen LogP contribution in [0.4, 0.5) is 0 Å². The molecule has 2 aromatic rings. The van der Waals surface area contributed by atoms with Gasteiger partial charge in [-0.1, -0.05) is 11.6 Å². The molecular weight excluding hydrogens is 330 g/mol. The highest BCUT2D eigenvalue weighted by Gasteiger charge is 2.31. The normalized spacial score (nSPS) is 17.1. The first-order chi connectivity index (χ1) is 11.7. The number of halogens is 1. The van der Waals surface area contributed by atoms with Gasteiger partial charge in [-0.25, -0.2) is 4.98 Å². The summed E-state index contributed by atoms with van der Waals surface area (Å²) in [6.45, 7) is 0.779. The Kier molecular flexibility index (Phi) is 5.27. The standard InChI is InChI=1S/C17H18ClN3O3/c1-23-11-17(22)21-8-2-3-15(21)14-9-19-10-16(20-14)24-13-6-4-12(18)5-7-13/h4-7,9-10,15H,2-3,8,11H2,1H3. The van der Waals surface area contributed by atoms with Gasteiger partial charge in [-0.2, -0.15) is 0 Å². The minimum Gasteiger partial charge on any atom is -0.437 e. The molecule has 2 heterocycles. The van der Waals surface area contributed by atoms with Gasteiger partial charge >= 0.3 is 0 Å². The second-order valence-electron chi connectivity index (χ2n) is 5.52. The number of rotatable bonds is 5. The molecule has 1 amide bonds. The van der Waals surface area contributed by atoms with E-state index in [0.717, 1.165) is 18.5 Å². The van der Waals surface area contributed by atoms with Crippen molar-refractivity contribution in [3.63, 3.8) is 0 Å². The van der Waals surface area contributed by atoms with Gasteiger partial charge in [-0.15, -0.1) is 0 Å². The van der Waals surface area contributed by atoms with Crippen LogP contribution in [0.3, 0.4) is 0 Å². The van der Waals surface area contributed by atoms with E-state index in [4.69, 9.17) is 21.1 Å². The SMILES string of the molecule is COCC(=O)N1CCCC1c1cncc(Oc2ccc(Cl)cc2)n1. The van der Waals surface area contributed by atoms with E-state index >= 15 is 0 Å². The molecule has 0 aliphatic carbocycles. The number of hydrogen-bond donors (Lipinski definition) is 0. The lowest BCUT2D eigenvalue weighted by molar-refractivity contribution is -0.136. The highest BCUT2D eigenvalue weighted by molar-refractivity contribution is 6.30. The molecule has 3 rings (SSSR count). The Bertz CT molecular complexity index is 708. The summed E-state index contributed by atoms with van der Waals surface area (Å²) in [6, 6.07) is 6.93. The summed E-state index contributed by atoms with van der Waals surface area (Å²) in [5.74, 6) is 0.983. The number of carbonyl (C=O) groups is 1. The largest absolute Gasteiger partial charge is 0.437 e. The number of carbonyl (C=O) groups excluding carboxylic acids is 1. The van der Waals surface area contributed by atoms with E-state index in [1.807, 2.05) is 0 Å². The van der Waals surface area contributed by atoms with Crippen LogP contribution in [-0.4, -0.2) is 41.0 Å². The molecule has 1 aromatic carbocycles. The van der Waals surface area contributed by atoms with E-state index in [9.17, 15) is 4.79 Å². The van der Waals surface area contributed by atoms with E-state index in [2.05, 4.69) is 9.97 Å². The first-order valence-electron chi connectivity index (χ1n) is 7.71. The van der Waals surface area contributed by atoms with Crippen molar-refractivity contribution in [3.8, 4) is 11.6 Å². The van der Waals surface area contributed by atoms with Crippen LogP contribution in [0.25, 0.3) is 0 Å². The van der Waals surface area contributed by atoms with Crippen molar-refractivity contribution >= 4 is 17.5 Å². The highest BCUT2D eigenvalue weighted by Crippen LogP contribution is 2.31. The zero-order valence-electron chi connectivity index (χ0n) is 13.3. The first-order valence-corrected chi connectivity index (χ1v) is 8.09. The fraction of sp³-hybridized carbons (Fsp3) is 0.353. The Balaban J connectivity index is 1.77. The summed E-state index contributed by atoms with van der Waals surface area (Å²) in [7, 11) is 1.52. The maximum absolute atomic E-state index is 12.1. The van der Waals surface area contributed by atoms with Crippen molar-refractivity contribution < 1.29 is 14.3 Å². The van der Waals surface area contributed by atoms with Crippen molar-refractivity contribution in [2.24, 2.45) is 0 Å². The Morgan fingerprint density at radius 1 is 1.33 bits per heavy atom. The third kappa shape index (κ3) is 3.83. The number of hydrogen-bond acceptors (Lipinski definition) is 5. The van der Waals surface area contributed by atoms with Crippen LogP contribution in [0, 0.1) is 0 Å². The summed E-state index contributed by atoms with van der Waals surface area (Å²) >= 11 is 5.87. The number of benzene rings is 1. The smallest absolute Gasteiger partial charge is 0.249 e. The summed E-state index contributed by atoms with van der Waals surface area (Å²) in [5.41, 5.74) is 0.725. The third-order valence-corrected chi connectivity index (χ3v) is 4.10. The molecule has 1 fully saturated rings. The number of nitrogens with zero attached hydrogens (tertiary/aromatic N) is 3. The molecule has 6 nitrogen and oxygen atoms in total. The van der Waals surface area contributed by atoms with Crippen LogP contribution in [0.15, 0.2) is 36.7 Å². The summed E-state index contributed by atoms with van der Waals surface area (Å²) in [5, 5.41) is 0.639. The molecule has 1 aliphatic heterocycles. The van der Waals surface area contributed by atoms with Crippen molar-refractivity contribution in [1.29, 1.82) is 0 Å². The fourth-order valence-corrected chi connectivity index (χ4v) is 2.90. The molecule has 126 valence electrons. The zero-order valence-corrected chi connectivity index (χ0v) is 14.1. The lowest BCUT2D eigenvalue weighted by Crippen LogP contribution is -2.33. The summed E-state index contributed by atoms with van der Waals surface area (Å²) < 4.78 is 10.7. The summed E-state index contributed by atoms with van der Waals surface area (Å²) in [6.07, 6.45) is 5.02. The van der Waals surface area contributed by atoms with Crippen LogP contribution in [0.2, 0.25) is 5.02 Å². The Morgan fingerprint density at radius 2 is 2.12 bits per heavy atom. The molecule has 7 heteroatoms. The maximum atomic E-state index is 12.1. The molecule has 0 radical (unpaired) electrons. The van der Waals surface area contributed by atoms with E-state index in [0.29, 0.717) is 23.2 Å². The molecule has 0 spiro atoms. The van der Waals surface area contributed by atoms with E-state index in [1.54, 1.807) is 41.6 Å². The number of methoxy groups -OCH3 is 1. The zero-order chi connectivity index (χ0) is 16.9. The quantitative estimate of drug-likeness (QED) is 0.830. The van der Waals surface area contributed by atoms with Gasteiger partial charge in [0.15, 0.2) is 0 Å². The Morgan fingerprint density at radius 3 is 2.88 bits per heavy atom. The van der Waals surface area contributed by atoms with Crippen molar-refractivity contribution in [1.82, 2.24) is 14.9 Å². The van der Waals surface area contributed by atoms with Gasteiger partial charge in [0.05, 0.1) is 24.1 Å². The number of amides is 1. The average molecular weight is 348 g/mol. The molecule has 1 aromatic heterocycles. The van der Waals surface area contributed by atoms with Gasteiger partial charge in [0.25, 0.3) is 0 Å². The Labute approximate surface area is 145 Å². The molecule has 1 aliphatic rings. The van der Waals surface area contributed by atoms with Crippen LogP contribution < -0.4 is 4.74 Å². The van der Waals surface area contributed by atoms with Gasteiger partial charge in [0.1, 0.15) is 12.4 Å². The van der Waals surface area contributed by atoms with Crippen LogP contribution >= 0.6 is 11.6 Å². The fourth-order valence-electron chi connectivity index (χ4n) is 2.77. The number of likely N-dealkylation sites (tertiary alicyclic amines) is 1. The highest BCUT2D eigenvalue weighted by atomic mass is 35.5. The second-order valence-corrected chi connectivity index (χ2v) is 5.95. The molecule has 0 bridgehead atoms. The lowest BCUT2D eigenvalue weighted by atomic mass is 10.1. The van der Waals surface area contributed by atoms with Gasteiger partial charge in [0.2, 0.25) is 11.8 Å². The van der Waals surface area contributed by atoms with Crippen molar-refractivity contribution in [2.75, 3.05) is 20.3 Å². The maximum Gasteiger partial charge on any atom is 0.249 e. The molecule has 0 N–H and O–H groups in total. The monoisotopic (exact) mass is 347 g/mol. The number of aromatic nitrogens is 2. The Hall–Kier alpha value is -2.18. The van der Waals surface area contributed by atoms with Crippen LogP contribution in [0.1, 0.15) is 24.6 Å². The third-order valence-electron chi connectivity index (χ3n) is 3.85. The van der Waals surface area contributed by atoms with E-state index in [-0.39, 0.29) is 18.6 Å². The predicted octanol–water partition coefficient (Wildman–Crippen LogP) is 3.23. The minimum absolute atomic E-state index is 0.0363. The van der Waals surface area contributed by atoms with Gasteiger partial charge < -0.3 is 14.4 Å². The molecular formula is C17H18ClN3O3. The van der Waals surface area contributed by atoms with Crippen LogP contribution in [0.5, 0.6) is 11.6 Å². The molecule has 1 atom stereocenters. The molecule has 24 heavy (non-hydrogen) atoms. The minimum atomic E-state index is -0.0890. The topological polar surface area (TPSA) is 64.5 Å². The van der Waals surface area contributed by atoms with Gasteiger partial charge in [-0.05, 0) is 37.1 Å².